The second kappa shape index (κ2) is 3.94. The summed E-state index contributed by atoms with van der Waals surface area (Å²) >= 11 is 0. The maximum atomic E-state index is 11.3. The predicted octanol–water partition coefficient (Wildman–Crippen LogP) is 1.96. The number of benzene rings is 1. The van der Waals surface area contributed by atoms with Crippen LogP contribution in [0, 0.1) is 0 Å². The molecule has 0 saturated carbocycles. The fraction of sp³-hybridized carbons (Fsp3) is 0.300. The second-order valence-corrected chi connectivity index (χ2v) is 2.97. The Balaban J connectivity index is 2.83. The Morgan fingerprint density at radius 1 is 1.38 bits per heavy atom. The van der Waals surface area contributed by atoms with Crippen LogP contribution >= 0.6 is 0 Å². The third-order valence-corrected chi connectivity index (χ3v) is 1.47. The van der Waals surface area contributed by atoms with E-state index in [9.17, 15) is 9.90 Å². The van der Waals surface area contributed by atoms with Crippen LogP contribution in [0.2, 0.25) is 0 Å². The summed E-state index contributed by atoms with van der Waals surface area (Å²) in [5.74, 6) is -0.541. The van der Waals surface area contributed by atoms with Crippen molar-refractivity contribution >= 4 is 5.97 Å². The van der Waals surface area contributed by atoms with E-state index in [-0.39, 0.29) is 17.4 Å². The average Bonchev–Trinajstić information content (AvgIpc) is 2.03. The van der Waals surface area contributed by atoms with E-state index in [1.807, 2.05) is 0 Å². The zero-order chi connectivity index (χ0) is 9.84. The second-order valence-electron chi connectivity index (χ2n) is 2.97. The molecular weight excluding hydrogens is 168 g/mol. The van der Waals surface area contributed by atoms with E-state index >= 15 is 0 Å². The molecule has 1 aromatic carbocycles. The lowest BCUT2D eigenvalue weighted by Gasteiger charge is -2.08. The number of hydrogen-bond acceptors (Lipinski definition) is 3. The molecule has 0 amide bonds. The maximum Gasteiger partial charge on any atom is 0.342 e. The molecule has 0 aliphatic carbocycles. The Kier molecular flexibility index (Phi) is 2.90. The van der Waals surface area contributed by atoms with Gasteiger partial charge in [0.25, 0.3) is 0 Å². The highest BCUT2D eigenvalue weighted by Gasteiger charge is 2.12. The van der Waals surface area contributed by atoms with Gasteiger partial charge in [-0.2, -0.15) is 0 Å². The van der Waals surface area contributed by atoms with Gasteiger partial charge >= 0.3 is 5.97 Å². The molecule has 0 fully saturated rings. The van der Waals surface area contributed by atoms with E-state index in [0.717, 1.165) is 0 Å². The first-order chi connectivity index (χ1) is 6.11. The Labute approximate surface area is 77.0 Å². The van der Waals surface area contributed by atoms with Crippen molar-refractivity contribution in [1.82, 2.24) is 0 Å². The molecule has 3 heteroatoms. The summed E-state index contributed by atoms with van der Waals surface area (Å²) in [5, 5.41) is 9.29. The van der Waals surface area contributed by atoms with Gasteiger partial charge in [0.1, 0.15) is 11.3 Å². The molecule has 0 atom stereocenters. The van der Waals surface area contributed by atoms with E-state index in [4.69, 9.17) is 4.74 Å². The lowest BCUT2D eigenvalue weighted by atomic mass is 10.2. The summed E-state index contributed by atoms with van der Waals surface area (Å²) in [4.78, 5) is 11.3. The fourth-order valence-corrected chi connectivity index (χ4v) is 0.924. The summed E-state index contributed by atoms with van der Waals surface area (Å²) in [6, 6.07) is 6.31. The van der Waals surface area contributed by atoms with Crippen molar-refractivity contribution < 1.29 is 14.6 Å². The van der Waals surface area contributed by atoms with Crippen LogP contribution < -0.4 is 0 Å². The number of esters is 1. The molecule has 1 N–H and O–H groups in total. The molecule has 1 rings (SSSR count). The van der Waals surface area contributed by atoms with E-state index in [0.29, 0.717) is 0 Å². The number of phenolic OH excluding ortho intramolecular Hbond substituents is 1. The highest BCUT2D eigenvalue weighted by molar-refractivity contribution is 5.92. The van der Waals surface area contributed by atoms with Crippen molar-refractivity contribution in [2.45, 2.75) is 20.0 Å². The first kappa shape index (κ1) is 9.58. The zero-order valence-electron chi connectivity index (χ0n) is 7.65. The topological polar surface area (TPSA) is 46.5 Å². The molecule has 0 spiro atoms. The first-order valence-corrected chi connectivity index (χ1v) is 4.10. The summed E-state index contributed by atoms with van der Waals surface area (Å²) in [7, 11) is 0. The van der Waals surface area contributed by atoms with Crippen molar-refractivity contribution in [1.29, 1.82) is 0 Å². The van der Waals surface area contributed by atoms with Gasteiger partial charge in [0, 0.05) is 0 Å². The average molecular weight is 180 g/mol. The molecular formula is C10H12O3. The van der Waals surface area contributed by atoms with Crippen LogP contribution in [0.3, 0.4) is 0 Å². The number of rotatable bonds is 2. The SMILES string of the molecule is CC(C)OC(=O)c1ccccc1O. The molecule has 0 heterocycles. The van der Waals surface area contributed by atoms with Gasteiger partial charge in [0.2, 0.25) is 0 Å². The minimum atomic E-state index is -0.492. The largest absolute Gasteiger partial charge is 0.507 e. The Hall–Kier alpha value is -1.51. The highest BCUT2D eigenvalue weighted by atomic mass is 16.5. The molecule has 0 saturated heterocycles. The maximum absolute atomic E-state index is 11.3. The van der Waals surface area contributed by atoms with Gasteiger partial charge in [-0.15, -0.1) is 0 Å². The lowest BCUT2D eigenvalue weighted by molar-refractivity contribution is 0.0375. The monoisotopic (exact) mass is 180 g/mol. The fourth-order valence-electron chi connectivity index (χ4n) is 0.924. The normalized spacial score (nSPS) is 10.1. The summed E-state index contributed by atoms with van der Waals surface area (Å²) in [5.41, 5.74) is 0.205. The number of para-hydroxylation sites is 1. The summed E-state index contributed by atoms with van der Waals surface area (Å²) in [6.07, 6.45) is -0.174. The van der Waals surface area contributed by atoms with Crippen LogP contribution in [-0.4, -0.2) is 17.2 Å². The molecule has 0 radical (unpaired) electrons. The van der Waals surface area contributed by atoms with Gasteiger partial charge in [-0.3, -0.25) is 0 Å². The Morgan fingerprint density at radius 3 is 2.54 bits per heavy atom. The van der Waals surface area contributed by atoms with E-state index in [2.05, 4.69) is 0 Å². The van der Waals surface area contributed by atoms with E-state index in [1.165, 1.54) is 12.1 Å². The molecule has 0 aromatic heterocycles. The van der Waals surface area contributed by atoms with E-state index in [1.54, 1.807) is 26.0 Å². The van der Waals surface area contributed by atoms with Crippen molar-refractivity contribution in [3.63, 3.8) is 0 Å². The standard InChI is InChI=1S/C10H12O3/c1-7(2)13-10(12)8-5-3-4-6-9(8)11/h3-7,11H,1-2H3. The quantitative estimate of drug-likeness (QED) is 0.707. The zero-order valence-corrected chi connectivity index (χ0v) is 7.65. The minimum absolute atomic E-state index is 0.0480. The van der Waals surface area contributed by atoms with Gasteiger partial charge in [-0.25, -0.2) is 4.79 Å². The molecule has 3 nitrogen and oxygen atoms in total. The van der Waals surface area contributed by atoms with Crippen molar-refractivity contribution in [2.24, 2.45) is 0 Å². The molecule has 0 bridgehead atoms. The molecule has 13 heavy (non-hydrogen) atoms. The third kappa shape index (κ3) is 2.47. The molecule has 70 valence electrons. The summed E-state index contributed by atoms with van der Waals surface area (Å²) in [6.45, 7) is 3.52. The number of phenols is 1. The van der Waals surface area contributed by atoms with Gasteiger partial charge < -0.3 is 9.84 Å². The van der Waals surface area contributed by atoms with Crippen molar-refractivity contribution in [3.05, 3.63) is 29.8 Å². The molecule has 1 aromatic rings. The number of ether oxygens (including phenoxy) is 1. The Bertz CT molecular complexity index is 305. The highest BCUT2D eigenvalue weighted by Crippen LogP contribution is 2.16. The predicted molar refractivity (Wildman–Crippen MR) is 48.7 cm³/mol. The number of carbonyl (C=O) groups excluding carboxylic acids is 1. The Morgan fingerprint density at radius 2 is 2.00 bits per heavy atom. The van der Waals surface area contributed by atoms with Crippen molar-refractivity contribution in [3.8, 4) is 5.75 Å². The smallest absolute Gasteiger partial charge is 0.342 e. The van der Waals surface area contributed by atoms with Gasteiger partial charge in [0.15, 0.2) is 0 Å². The third-order valence-electron chi connectivity index (χ3n) is 1.47. The van der Waals surface area contributed by atoms with Gasteiger partial charge in [-0.05, 0) is 26.0 Å². The van der Waals surface area contributed by atoms with Gasteiger partial charge in [-0.1, -0.05) is 12.1 Å². The molecule has 0 aliphatic heterocycles. The van der Waals surface area contributed by atoms with Crippen molar-refractivity contribution in [2.75, 3.05) is 0 Å². The lowest BCUT2D eigenvalue weighted by Crippen LogP contribution is -2.11. The number of hydrogen-bond donors (Lipinski definition) is 1. The first-order valence-electron chi connectivity index (χ1n) is 4.10. The summed E-state index contributed by atoms with van der Waals surface area (Å²) < 4.78 is 4.92. The molecule has 0 aliphatic rings. The van der Waals surface area contributed by atoms with Gasteiger partial charge in [0.05, 0.1) is 6.10 Å². The molecule has 0 unspecified atom stereocenters. The van der Waals surface area contributed by atoms with Crippen LogP contribution in [0.5, 0.6) is 5.75 Å². The van der Waals surface area contributed by atoms with Crippen LogP contribution in [0.1, 0.15) is 24.2 Å². The van der Waals surface area contributed by atoms with E-state index < -0.39 is 5.97 Å². The van der Waals surface area contributed by atoms with Crippen LogP contribution in [0.25, 0.3) is 0 Å². The van der Waals surface area contributed by atoms with Crippen LogP contribution in [-0.2, 0) is 4.74 Å². The number of aromatic hydroxyl groups is 1. The van der Waals surface area contributed by atoms with Crippen LogP contribution in [0.15, 0.2) is 24.3 Å². The number of carbonyl (C=O) groups is 1. The van der Waals surface area contributed by atoms with Crippen LogP contribution in [0.4, 0.5) is 0 Å². The minimum Gasteiger partial charge on any atom is -0.507 e.